The van der Waals surface area contributed by atoms with Crippen molar-refractivity contribution < 1.29 is 4.79 Å². The molecule has 1 aliphatic heterocycles. The number of rotatable bonds is 4. The predicted octanol–water partition coefficient (Wildman–Crippen LogP) is 1.98. The molecule has 1 amide bonds. The van der Waals surface area contributed by atoms with Crippen LogP contribution in [-0.2, 0) is 6.42 Å². The number of amides is 1. The highest BCUT2D eigenvalue weighted by Crippen LogP contribution is 2.29. The van der Waals surface area contributed by atoms with E-state index in [9.17, 15) is 4.79 Å². The lowest BCUT2D eigenvalue weighted by Gasteiger charge is -2.37. The Bertz CT molecular complexity index is 608. The molecule has 1 aliphatic rings. The van der Waals surface area contributed by atoms with Gasteiger partial charge in [0, 0.05) is 31.0 Å². The number of nitrogens with one attached hydrogen (secondary N) is 2. The number of benzene rings is 1. The van der Waals surface area contributed by atoms with Gasteiger partial charge in [-0.1, -0.05) is 18.2 Å². The minimum atomic E-state index is -0.106. The molecule has 0 bridgehead atoms. The van der Waals surface area contributed by atoms with Crippen molar-refractivity contribution in [1.82, 2.24) is 15.5 Å². The number of hydrogen-bond donors (Lipinski definition) is 2. The fourth-order valence-corrected chi connectivity index (χ4v) is 2.87. The van der Waals surface area contributed by atoms with Gasteiger partial charge >= 0.3 is 0 Å². The van der Waals surface area contributed by atoms with E-state index in [1.54, 1.807) is 12.3 Å². The number of aromatic nitrogens is 2. The molecule has 3 rings (SSSR count). The fraction of sp³-hybridized carbons (Fsp3) is 0.375. The maximum Gasteiger partial charge on any atom is 0.269 e. The third-order valence-corrected chi connectivity index (χ3v) is 4.05. The summed E-state index contributed by atoms with van der Waals surface area (Å²) in [6.45, 7) is 3.68. The molecule has 0 fully saturated rings. The van der Waals surface area contributed by atoms with Crippen molar-refractivity contribution in [2.75, 3.05) is 18.0 Å². The van der Waals surface area contributed by atoms with Crippen LogP contribution < -0.4 is 10.2 Å². The van der Waals surface area contributed by atoms with Gasteiger partial charge in [-0.15, -0.1) is 0 Å². The van der Waals surface area contributed by atoms with Crippen LogP contribution in [0.3, 0.4) is 0 Å². The number of H-pyrrole nitrogens is 1. The van der Waals surface area contributed by atoms with E-state index in [0.717, 1.165) is 19.4 Å². The van der Waals surface area contributed by atoms with Crippen molar-refractivity contribution in [3.63, 3.8) is 0 Å². The van der Waals surface area contributed by atoms with E-state index >= 15 is 0 Å². The van der Waals surface area contributed by atoms with Crippen LogP contribution >= 0.6 is 0 Å². The van der Waals surface area contributed by atoms with E-state index in [2.05, 4.69) is 51.6 Å². The second-order valence-electron chi connectivity index (χ2n) is 5.44. The average molecular weight is 284 g/mol. The molecule has 2 heterocycles. The van der Waals surface area contributed by atoms with Crippen molar-refractivity contribution in [1.29, 1.82) is 0 Å². The quantitative estimate of drug-likeness (QED) is 0.902. The molecule has 2 aromatic rings. The number of nitrogens with zero attached hydrogens (tertiary/aromatic N) is 2. The van der Waals surface area contributed by atoms with Crippen molar-refractivity contribution in [2.45, 2.75) is 25.8 Å². The summed E-state index contributed by atoms with van der Waals surface area (Å²) >= 11 is 0. The van der Waals surface area contributed by atoms with Crippen LogP contribution in [0.2, 0.25) is 0 Å². The van der Waals surface area contributed by atoms with Gasteiger partial charge in [0.2, 0.25) is 0 Å². The Hall–Kier alpha value is -2.30. The van der Waals surface area contributed by atoms with Crippen LogP contribution in [0.25, 0.3) is 0 Å². The Kier molecular flexibility index (Phi) is 3.90. The predicted molar refractivity (Wildman–Crippen MR) is 82.5 cm³/mol. The van der Waals surface area contributed by atoms with Crippen molar-refractivity contribution in [3.05, 3.63) is 47.8 Å². The number of fused-ring (bicyclic) bond motifs is 1. The number of para-hydroxylation sites is 1. The summed E-state index contributed by atoms with van der Waals surface area (Å²) < 4.78 is 0. The first kappa shape index (κ1) is 13.7. The van der Waals surface area contributed by atoms with Crippen LogP contribution in [0.5, 0.6) is 0 Å². The molecule has 0 radical (unpaired) electrons. The van der Waals surface area contributed by atoms with Gasteiger partial charge < -0.3 is 10.2 Å². The summed E-state index contributed by atoms with van der Waals surface area (Å²) in [5, 5.41) is 9.39. The van der Waals surface area contributed by atoms with Crippen LogP contribution in [0.1, 0.15) is 29.4 Å². The number of carbonyl (C=O) groups excluding carboxylic acids is 1. The average Bonchev–Trinajstić information content (AvgIpc) is 3.04. The monoisotopic (exact) mass is 284 g/mol. The number of aromatic amines is 1. The minimum Gasteiger partial charge on any atom is -0.367 e. The molecule has 1 aromatic carbocycles. The van der Waals surface area contributed by atoms with Crippen molar-refractivity contribution in [2.24, 2.45) is 0 Å². The topological polar surface area (TPSA) is 61.0 Å². The summed E-state index contributed by atoms with van der Waals surface area (Å²) in [6, 6.07) is 10.7. The molecule has 110 valence electrons. The number of aryl methyl sites for hydroxylation is 1. The highest BCUT2D eigenvalue weighted by molar-refractivity contribution is 5.92. The van der Waals surface area contributed by atoms with Gasteiger partial charge in [-0.3, -0.25) is 9.89 Å². The zero-order chi connectivity index (χ0) is 14.7. The molecule has 0 saturated carbocycles. The molecule has 21 heavy (non-hydrogen) atoms. The molecule has 0 spiro atoms. The Labute approximate surface area is 124 Å². The molecule has 2 N–H and O–H groups in total. The lowest BCUT2D eigenvalue weighted by Crippen LogP contribution is -2.42. The van der Waals surface area contributed by atoms with E-state index in [1.807, 2.05) is 0 Å². The molecule has 1 aromatic heterocycles. The Balaban J connectivity index is 1.61. The first-order valence-electron chi connectivity index (χ1n) is 7.38. The van der Waals surface area contributed by atoms with E-state index in [-0.39, 0.29) is 5.91 Å². The smallest absolute Gasteiger partial charge is 0.269 e. The maximum absolute atomic E-state index is 11.9. The van der Waals surface area contributed by atoms with Crippen molar-refractivity contribution >= 4 is 11.6 Å². The van der Waals surface area contributed by atoms with Gasteiger partial charge in [-0.2, -0.15) is 5.10 Å². The zero-order valence-corrected chi connectivity index (χ0v) is 12.2. The van der Waals surface area contributed by atoms with Gasteiger partial charge in [-0.05, 0) is 37.5 Å². The highest BCUT2D eigenvalue weighted by atomic mass is 16.1. The summed E-state index contributed by atoms with van der Waals surface area (Å²) in [6.07, 6.45) is 3.87. The van der Waals surface area contributed by atoms with Crippen molar-refractivity contribution in [3.8, 4) is 0 Å². The highest BCUT2D eigenvalue weighted by Gasteiger charge is 2.22. The maximum atomic E-state index is 11.9. The minimum absolute atomic E-state index is 0.106. The van der Waals surface area contributed by atoms with Gasteiger partial charge in [-0.25, -0.2) is 0 Å². The lowest BCUT2D eigenvalue weighted by molar-refractivity contribution is 0.0949. The van der Waals surface area contributed by atoms with Gasteiger partial charge in [0.1, 0.15) is 5.69 Å². The third kappa shape index (κ3) is 2.91. The molecular formula is C16H20N4O. The van der Waals surface area contributed by atoms with Crippen LogP contribution in [0.4, 0.5) is 5.69 Å². The zero-order valence-electron chi connectivity index (χ0n) is 12.2. The van der Waals surface area contributed by atoms with Gasteiger partial charge in [0.05, 0.1) is 0 Å². The standard InChI is InChI=1S/C16H20N4O/c1-12-6-7-13-4-2-3-5-15(13)20(12)11-10-17-16(21)14-8-9-18-19-14/h2-5,8-9,12H,6-7,10-11H2,1H3,(H,17,21)(H,18,19)/t12-/m0/s1. The summed E-state index contributed by atoms with van der Waals surface area (Å²) in [5.41, 5.74) is 3.20. The molecule has 5 heteroatoms. The molecule has 1 atom stereocenters. The van der Waals surface area contributed by atoms with Gasteiger partial charge in [0.25, 0.3) is 5.91 Å². The normalized spacial score (nSPS) is 17.4. The van der Waals surface area contributed by atoms with E-state index in [4.69, 9.17) is 0 Å². The lowest BCUT2D eigenvalue weighted by atomic mass is 9.97. The first-order chi connectivity index (χ1) is 10.3. The summed E-state index contributed by atoms with van der Waals surface area (Å²) in [5.74, 6) is -0.106. The number of anilines is 1. The fourth-order valence-electron chi connectivity index (χ4n) is 2.87. The molecule has 0 aliphatic carbocycles. The third-order valence-electron chi connectivity index (χ3n) is 4.05. The second-order valence-corrected chi connectivity index (χ2v) is 5.44. The SMILES string of the molecule is C[C@H]1CCc2ccccc2N1CCNC(=O)c1ccn[nH]1. The summed E-state index contributed by atoms with van der Waals surface area (Å²) in [7, 11) is 0. The molecule has 0 saturated heterocycles. The van der Waals surface area contributed by atoms with Gasteiger partial charge in [0.15, 0.2) is 0 Å². The Morgan fingerprint density at radius 1 is 1.43 bits per heavy atom. The number of carbonyl (C=O) groups is 1. The van der Waals surface area contributed by atoms with Crippen LogP contribution in [-0.4, -0.2) is 35.2 Å². The Morgan fingerprint density at radius 3 is 3.10 bits per heavy atom. The van der Waals surface area contributed by atoms with Crippen LogP contribution in [0.15, 0.2) is 36.5 Å². The molecular weight excluding hydrogens is 264 g/mol. The summed E-state index contributed by atoms with van der Waals surface area (Å²) in [4.78, 5) is 14.3. The van der Waals surface area contributed by atoms with Crippen LogP contribution in [0, 0.1) is 0 Å². The molecule has 0 unspecified atom stereocenters. The van der Waals surface area contributed by atoms with E-state index in [1.165, 1.54) is 11.3 Å². The first-order valence-corrected chi connectivity index (χ1v) is 7.38. The Morgan fingerprint density at radius 2 is 2.29 bits per heavy atom. The van der Waals surface area contributed by atoms with E-state index in [0.29, 0.717) is 18.3 Å². The van der Waals surface area contributed by atoms with E-state index < -0.39 is 0 Å². The second kappa shape index (κ2) is 5.99. The molecule has 5 nitrogen and oxygen atoms in total. The number of hydrogen-bond acceptors (Lipinski definition) is 3. The largest absolute Gasteiger partial charge is 0.367 e.